The van der Waals surface area contributed by atoms with E-state index in [-0.39, 0.29) is 11.8 Å². The summed E-state index contributed by atoms with van der Waals surface area (Å²) in [6, 6.07) is 24.0. The average Bonchev–Trinajstić information content (AvgIpc) is 2.73. The van der Waals surface area contributed by atoms with Gasteiger partial charge in [-0.1, -0.05) is 36.4 Å². The Balaban J connectivity index is 1.76. The second-order valence-corrected chi connectivity index (χ2v) is 5.60. The van der Waals surface area contributed by atoms with E-state index in [1.54, 1.807) is 72.8 Å². The maximum absolute atomic E-state index is 12.5. The van der Waals surface area contributed by atoms with Crippen molar-refractivity contribution in [3.8, 4) is 0 Å². The minimum atomic E-state index is -0.372. The fraction of sp³-hybridized carbons (Fsp3) is 0. The van der Waals surface area contributed by atoms with E-state index >= 15 is 0 Å². The fourth-order valence-corrected chi connectivity index (χ4v) is 2.45. The number of carbonyl (C=O) groups excluding carboxylic acids is 2. The molecule has 0 aliphatic heterocycles. The SMILES string of the molecule is NN(C(=O)c1ccc(C(=O)N(N)c2ccccc2)cc1)c1ccccc1. The van der Waals surface area contributed by atoms with Crippen LogP contribution in [0.5, 0.6) is 0 Å². The minimum Gasteiger partial charge on any atom is -0.267 e. The van der Waals surface area contributed by atoms with Crippen molar-refractivity contribution in [1.29, 1.82) is 0 Å². The molecule has 0 atom stereocenters. The number of hydrogen-bond acceptors (Lipinski definition) is 4. The van der Waals surface area contributed by atoms with Crippen molar-refractivity contribution < 1.29 is 9.59 Å². The first kappa shape index (κ1) is 17.3. The molecule has 0 aliphatic rings. The normalized spacial score (nSPS) is 10.2. The highest BCUT2D eigenvalue weighted by Gasteiger charge is 2.17. The number of anilines is 2. The van der Waals surface area contributed by atoms with Crippen molar-refractivity contribution in [3.05, 3.63) is 96.1 Å². The van der Waals surface area contributed by atoms with Gasteiger partial charge < -0.3 is 0 Å². The summed E-state index contributed by atoms with van der Waals surface area (Å²) >= 11 is 0. The molecule has 6 nitrogen and oxygen atoms in total. The van der Waals surface area contributed by atoms with Gasteiger partial charge in [0.05, 0.1) is 11.4 Å². The average molecular weight is 346 g/mol. The quantitative estimate of drug-likeness (QED) is 0.431. The standard InChI is InChI=1S/C20H18N4O2/c21-23(17-7-3-1-4-8-17)19(25)15-11-13-16(14-12-15)20(26)24(22)18-9-5-2-6-10-18/h1-14H,21-22H2. The Morgan fingerprint density at radius 2 is 0.846 bits per heavy atom. The van der Waals surface area contributed by atoms with Crippen LogP contribution >= 0.6 is 0 Å². The molecule has 0 heterocycles. The summed E-state index contributed by atoms with van der Waals surface area (Å²) < 4.78 is 0. The summed E-state index contributed by atoms with van der Waals surface area (Å²) in [6.07, 6.45) is 0. The molecular weight excluding hydrogens is 328 g/mol. The second kappa shape index (κ2) is 7.60. The molecule has 0 aliphatic carbocycles. The second-order valence-electron chi connectivity index (χ2n) is 5.60. The Hall–Kier alpha value is -3.48. The Labute approximate surface area is 151 Å². The molecule has 0 fully saturated rings. The predicted octanol–water partition coefficient (Wildman–Crippen LogP) is 2.73. The molecule has 130 valence electrons. The van der Waals surface area contributed by atoms with Crippen LogP contribution < -0.4 is 21.7 Å². The lowest BCUT2D eigenvalue weighted by Gasteiger charge is -2.18. The third kappa shape index (κ3) is 3.61. The van der Waals surface area contributed by atoms with Crippen LogP contribution in [0.1, 0.15) is 20.7 Å². The Kier molecular flexibility index (Phi) is 5.07. The van der Waals surface area contributed by atoms with E-state index in [0.29, 0.717) is 22.5 Å². The van der Waals surface area contributed by atoms with Crippen molar-refractivity contribution in [3.63, 3.8) is 0 Å². The molecule has 0 saturated heterocycles. The van der Waals surface area contributed by atoms with Crippen LogP contribution in [0.4, 0.5) is 11.4 Å². The molecule has 0 bridgehead atoms. The van der Waals surface area contributed by atoms with Gasteiger partial charge in [0.15, 0.2) is 0 Å². The number of hydrogen-bond donors (Lipinski definition) is 2. The third-order valence-corrected chi connectivity index (χ3v) is 3.89. The highest BCUT2D eigenvalue weighted by molar-refractivity contribution is 6.08. The number of hydrazine groups is 2. The number of nitrogens with zero attached hydrogens (tertiary/aromatic N) is 2. The predicted molar refractivity (Wildman–Crippen MR) is 101 cm³/mol. The van der Waals surface area contributed by atoms with E-state index in [9.17, 15) is 9.59 Å². The van der Waals surface area contributed by atoms with Crippen LogP contribution in [0.2, 0.25) is 0 Å². The van der Waals surface area contributed by atoms with Crippen LogP contribution in [0.25, 0.3) is 0 Å². The molecule has 6 heteroatoms. The summed E-state index contributed by atoms with van der Waals surface area (Å²) in [5, 5.41) is 2.13. The molecule has 0 saturated carbocycles. The van der Waals surface area contributed by atoms with Gasteiger partial charge in [0.2, 0.25) is 0 Å². The molecule has 0 aromatic heterocycles. The van der Waals surface area contributed by atoms with Crippen LogP contribution in [-0.2, 0) is 0 Å². The molecular formula is C20H18N4O2. The van der Waals surface area contributed by atoms with E-state index < -0.39 is 0 Å². The Morgan fingerprint density at radius 3 is 1.15 bits per heavy atom. The maximum Gasteiger partial charge on any atom is 0.272 e. The number of carbonyl (C=O) groups is 2. The fourth-order valence-electron chi connectivity index (χ4n) is 2.45. The van der Waals surface area contributed by atoms with Gasteiger partial charge in [-0.25, -0.2) is 21.7 Å². The first-order valence-corrected chi connectivity index (χ1v) is 7.96. The summed E-state index contributed by atoms with van der Waals surface area (Å²) in [4.78, 5) is 24.9. The largest absolute Gasteiger partial charge is 0.272 e. The van der Waals surface area contributed by atoms with E-state index in [4.69, 9.17) is 11.7 Å². The molecule has 3 aromatic carbocycles. The highest BCUT2D eigenvalue weighted by atomic mass is 16.2. The minimum absolute atomic E-state index is 0.371. The van der Waals surface area contributed by atoms with Gasteiger partial charge in [-0.3, -0.25) is 9.59 Å². The lowest BCUT2D eigenvalue weighted by atomic mass is 10.1. The molecule has 0 radical (unpaired) electrons. The van der Waals surface area contributed by atoms with Crippen molar-refractivity contribution in [2.75, 3.05) is 10.0 Å². The van der Waals surface area contributed by atoms with Crippen molar-refractivity contribution in [2.45, 2.75) is 0 Å². The van der Waals surface area contributed by atoms with Crippen LogP contribution in [0.3, 0.4) is 0 Å². The van der Waals surface area contributed by atoms with E-state index in [0.717, 1.165) is 10.0 Å². The monoisotopic (exact) mass is 346 g/mol. The van der Waals surface area contributed by atoms with Crippen LogP contribution in [0, 0.1) is 0 Å². The molecule has 2 amide bonds. The summed E-state index contributed by atoms with van der Waals surface area (Å²) in [7, 11) is 0. The van der Waals surface area contributed by atoms with Crippen molar-refractivity contribution in [1.82, 2.24) is 0 Å². The van der Waals surface area contributed by atoms with Gasteiger partial charge in [0.25, 0.3) is 11.8 Å². The molecule has 26 heavy (non-hydrogen) atoms. The highest BCUT2D eigenvalue weighted by Crippen LogP contribution is 2.16. The topological polar surface area (TPSA) is 92.7 Å². The van der Waals surface area contributed by atoms with E-state index in [2.05, 4.69) is 0 Å². The van der Waals surface area contributed by atoms with Gasteiger partial charge in [-0.05, 0) is 48.5 Å². The van der Waals surface area contributed by atoms with Gasteiger partial charge >= 0.3 is 0 Å². The molecule has 0 spiro atoms. The van der Waals surface area contributed by atoms with Gasteiger partial charge in [-0.2, -0.15) is 0 Å². The Bertz CT molecular complexity index is 820. The summed E-state index contributed by atoms with van der Waals surface area (Å²) in [5.41, 5.74) is 1.90. The number of amides is 2. The maximum atomic E-state index is 12.5. The zero-order chi connectivity index (χ0) is 18.5. The lowest BCUT2D eigenvalue weighted by Crippen LogP contribution is -2.38. The number of para-hydroxylation sites is 2. The van der Waals surface area contributed by atoms with Crippen molar-refractivity contribution in [2.24, 2.45) is 11.7 Å². The molecule has 3 rings (SSSR count). The summed E-state index contributed by atoms with van der Waals surface area (Å²) in [6.45, 7) is 0. The number of rotatable bonds is 4. The zero-order valence-corrected chi connectivity index (χ0v) is 13.9. The smallest absolute Gasteiger partial charge is 0.267 e. The molecule has 3 aromatic rings. The first-order chi connectivity index (χ1) is 12.6. The molecule has 0 unspecified atom stereocenters. The lowest BCUT2D eigenvalue weighted by molar-refractivity contribution is 0.0975. The van der Waals surface area contributed by atoms with Crippen LogP contribution in [0.15, 0.2) is 84.9 Å². The number of nitrogens with two attached hydrogens (primary N) is 2. The molecule has 4 N–H and O–H groups in total. The van der Waals surface area contributed by atoms with Gasteiger partial charge in [0.1, 0.15) is 0 Å². The van der Waals surface area contributed by atoms with E-state index in [1.807, 2.05) is 12.1 Å². The third-order valence-electron chi connectivity index (χ3n) is 3.89. The first-order valence-electron chi connectivity index (χ1n) is 7.96. The summed E-state index contributed by atoms with van der Waals surface area (Å²) in [5.74, 6) is 11.0. The Morgan fingerprint density at radius 1 is 0.538 bits per heavy atom. The zero-order valence-electron chi connectivity index (χ0n) is 13.9. The van der Waals surface area contributed by atoms with Gasteiger partial charge in [0, 0.05) is 11.1 Å². The number of benzene rings is 3. The van der Waals surface area contributed by atoms with Crippen LogP contribution in [-0.4, -0.2) is 11.8 Å². The van der Waals surface area contributed by atoms with Crippen molar-refractivity contribution >= 4 is 23.2 Å². The van der Waals surface area contributed by atoms with E-state index in [1.165, 1.54) is 0 Å². The van der Waals surface area contributed by atoms with Gasteiger partial charge in [-0.15, -0.1) is 0 Å².